The second-order valence-electron chi connectivity index (χ2n) is 6.71. The SMILES string of the molecule is CCOc1nc(N)nc2ncc(-c3ccccc3NS(=O)(=O)c3ccc(C)cc3)nc12. The van der Waals surface area contributed by atoms with Gasteiger partial charge >= 0.3 is 0 Å². The lowest BCUT2D eigenvalue weighted by molar-refractivity contribution is 0.330. The van der Waals surface area contributed by atoms with Crippen molar-refractivity contribution >= 4 is 32.8 Å². The molecular weight excluding hydrogens is 416 g/mol. The number of nitrogen functional groups attached to an aromatic ring is 1. The van der Waals surface area contributed by atoms with E-state index in [4.69, 9.17) is 10.5 Å². The zero-order valence-corrected chi connectivity index (χ0v) is 17.7. The highest BCUT2D eigenvalue weighted by atomic mass is 32.2. The van der Waals surface area contributed by atoms with Crippen molar-refractivity contribution in [2.75, 3.05) is 17.1 Å². The van der Waals surface area contributed by atoms with E-state index in [1.165, 1.54) is 6.20 Å². The molecule has 10 heteroatoms. The first kappa shape index (κ1) is 20.5. The number of hydrogen-bond acceptors (Lipinski definition) is 8. The molecule has 158 valence electrons. The van der Waals surface area contributed by atoms with Crippen LogP contribution in [-0.2, 0) is 10.0 Å². The van der Waals surface area contributed by atoms with Crippen LogP contribution in [0.3, 0.4) is 0 Å². The highest BCUT2D eigenvalue weighted by molar-refractivity contribution is 7.92. The Labute approximate surface area is 179 Å². The average Bonchev–Trinajstić information content (AvgIpc) is 2.74. The van der Waals surface area contributed by atoms with Crippen molar-refractivity contribution in [2.24, 2.45) is 0 Å². The molecule has 0 spiro atoms. The normalized spacial score (nSPS) is 11.4. The van der Waals surface area contributed by atoms with Crippen LogP contribution in [0.5, 0.6) is 5.88 Å². The Bertz CT molecular complexity index is 1360. The second-order valence-corrected chi connectivity index (χ2v) is 8.39. The van der Waals surface area contributed by atoms with E-state index >= 15 is 0 Å². The average molecular weight is 436 g/mol. The first-order chi connectivity index (χ1) is 14.9. The van der Waals surface area contributed by atoms with Crippen LogP contribution in [0, 0.1) is 6.92 Å². The summed E-state index contributed by atoms with van der Waals surface area (Å²) in [6.45, 7) is 4.08. The zero-order valence-electron chi connectivity index (χ0n) is 16.9. The minimum absolute atomic E-state index is 0.0317. The predicted octanol–water partition coefficient (Wildman–Crippen LogP) is 3.18. The molecule has 9 nitrogen and oxygen atoms in total. The number of ether oxygens (including phenoxy) is 1. The maximum Gasteiger partial charge on any atom is 0.261 e. The standard InChI is InChI=1S/C21H20N6O3S/c1-3-30-20-18-19(25-21(22)26-20)23-12-17(24-18)15-6-4-5-7-16(15)27-31(28,29)14-10-8-13(2)9-11-14/h4-12,27H,3H2,1-2H3,(H2,22,23,25,26). The fourth-order valence-electron chi connectivity index (χ4n) is 2.98. The van der Waals surface area contributed by atoms with Gasteiger partial charge in [-0.3, -0.25) is 4.72 Å². The summed E-state index contributed by atoms with van der Waals surface area (Å²) in [5.74, 6) is 0.251. The number of para-hydroxylation sites is 1. The number of benzene rings is 2. The summed E-state index contributed by atoms with van der Waals surface area (Å²) < 4.78 is 33.9. The lowest BCUT2D eigenvalue weighted by atomic mass is 10.1. The van der Waals surface area contributed by atoms with Crippen molar-refractivity contribution in [1.29, 1.82) is 0 Å². The number of sulfonamides is 1. The topological polar surface area (TPSA) is 133 Å². The van der Waals surface area contributed by atoms with Gasteiger partial charge in [0.2, 0.25) is 11.8 Å². The largest absolute Gasteiger partial charge is 0.476 e. The Kier molecular flexibility index (Phi) is 5.38. The molecule has 0 atom stereocenters. The van der Waals surface area contributed by atoms with Crippen LogP contribution in [-0.4, -0.2) is 35.0 Å². The van der Waals surface area contributed by atoms with Crippen molar-refractivity contribution < 1.29 is 13.2 Å². The number of aryl methyl sites for hydroxylation is 1. The molecule has 0 radical (unpaired) electrons. The molecule has 31 heavy (non-hydrogen) atoms. The molecule has 0 bridgehead atoms. The van der Waals surface area contributed by atoms with Gasteiger partial charge in [0.15, 0.2) is 11.2 Å². The molecular formula is C21H20N6O3S. The van der Waals surface area contributed by atoms with Crippen molar-refractivity contribution in [3.63, 3.8) is 0 Å². The molecule has 0 fully saturated rings. The van der Waals surface area contributed by atoms with E-state index in [-0.39, 0.29) is 22.4 Å². The summed E-state index contributed by atoms with van der Waals surface area (Å²) in [4.78, 5) is 17.2. The molecule has 0 aliphatic rings. The molecule has 2 heterocycles. The van der Waals surface area contributed by atoms with Crippen LogP contribution in [0.1, 0.15) is 12.5 Å². The molecule has 0 saturated heterocycles. The number of nitrogens with two attached hydrogens (primary N) is 1. The fourth-order valence-corrected chi connectivity index (χ4v) is 4.06. The molecule has 0 unspecified atom stereocenters. The number of rotatable bonds is 6. The molecule has 0 aliphatic heterocycles. The highest BCUT2D eigenvalue weighted by Gasteiger charge is 2.18. The van der Waals surface area contributed by atoms with Gasteiger partial charge in [0.05, 0.1) is 29.1 Å². The summed E-state index contributed by atoms with van der Waals surface area (Å²) in [5, 5.41) is 0. The predicted molar refractivity (Wildman–Crippen MR) is 118 cm³/mol. The number of nitrogens with zero attached hydrogens (tertiary/aromatic N) is 4. The zero-order chi connectivity index (χ0) is 22.0. The van der Waals surface area contributed by atoms with E-state index in [9.17, 15) is 8.42 Å². The smallest absolute Gasteiger partial charge is 0.261 e. The van der Waals surface area contributed by atoms with Gasteiger partial charge in [0.25, 0.3) is 10.0 Å². The van der Waals surface area contributed by atoms with Gasteiger partial charge in [-0.1, -0.05) is 35.9 Å². The van der Waals surface area contributed by atoms with E-state index in [1.807, 2.05) is 13.8 Å². The summed E-state index contributed by atoms with van der Waals surface area (Å²) in [6, 6.07) is 13.6. The number of hydrogen-bond donors (Lipinski definition) is 2. The van der Waals surface area contributed by atoms with E-state index in [2.05, 4.69) is 24.7 Å². The lowest BCUT2D eigenvalue weighted by Crippen LogP contribution is -2.13. The Hall–Kier alpha value is -3.79. The maximum atomic E-state index is 12.9. The van der Waals surface area contributed by atoms with Gasteiger partial charge < -0.3 is 10.5 Å². The Morgan fingerprint density at radius 1 is 1.03 bits per heavy atom. The molecule has 4 rings (SSSR count). The molecule has 0 amide bonds. The van der Waals surface area contributed by atoms with Crippen molar-refractivity contribution in [2.45, 2.75) is 18.7 Å². The third kappa shape index (κ3) is 4.24. The van der Waals surface area contributed by atoms with Crippen LogP contribution >= 0.6 is 0 Å². The summed E-state index contributed by atoms with van der Waals surface area (Å²) in [7, 11) is -3.79. The van der Waals surface area contributed by atoms with E-state index in [0.29, 0.717) is 29.1 Å². The Morgan fingerprint density at radius 2 is 1.77 bits per heavy atom. The summed E-state index contributed by atoms with van der Waals surface area (Å²) in [5.41, 5.74) is 8.66. The molecule has 2 aromatic carbocycles. The number of fused-ring (bicyclic) bond motifs is 1. The van der Waals surface area contributed by atoms with Crippen LogP contribution in [0.4, 0.5) is 11.6 Å². The van der Waals surface area contributed by atoms with Gasteiger partial charge in [-0.15, -0.1) is 0 Å². The minimum Gasteiger partial charge on any atom is -0.476 e. The Morgan fingerprint density at radius 3 is 2.52 bits per heavy atom. The molecule has 4 aromatic rings. The lowest BCUT2D eigenvalue weighted by Gasteiger charge is -2.13. The first-order valence-corrected chi connectivity index (χ1v) is 11.0. The third-order valence-electron chi connectivity index (χ3n) is 4.45. The van der Waals surface area contributed by atoms with Crippen molar-refractivity contribution in [3.05, 3.63) is 60.3 Å². The molecule has 2 aromatic heterocycles. The van der Waals surface area contributed by atoms with Crippen LogP contribution < -0.4 is 15.2 Å². The van der Waals surface area contributed by atoms with E-state index in [0.717, 1.165) is 5.56 Å². The van der Waals surface area contributed by atoms with Crippen LogP contribution in [0.15, 0.2) is 59.6 Å². The molecule has 3 N–H and O–H groups in total. The quantitative estimate of drug-likeness (QED) is 0.471. The van der Waals surface area contributed by atoms with E-state index in [1.54, 1.807) is 48.5 Å². The number of nitrogens with one attached hydrogen (secondary N) is 1. The van der Waals surface area contributed by atoms with Gasteiger partial charge in [-0.25, -0.2) is 18.4 Å². The summed E-state index contributed by atoms with van der Waals surface area (Å²) in [6.07, 6.45) is 1.50. The number of anilines is 2. The van der Waals surface area contributed by atoms with Gasteiger partial charge in [-0.2, -0.15) is 9.97 Å². The molecule has 0 saturated carbocycles. The van der Waals surface area contributed by atoms with Gasteiger partial charge in [0.1, 0.15) is 0 Å². The fraction of sp³-hybridized carbons (Fsp3) is 0.143. The minimum atomic E-state index is -3.79. The van der Waals surface area contributed by atoms with Crippen LogP contribution in [0.25, 0.3) is 22.4 Å². The van der Waals surface area contributed by atoms with Crippen molar-refractivity contribution in [3.8, 4) is 17.1 Å². The highest BCUT2D eigenvalue weighted by Crippen LogP contribution is 2.30. The van der Waals surface area contributed by atoms with Gasteiger partial charge in [-0.05, 0) is 32.0 Å². The summed E-state index contributed by atoms with van der Waals surface area (Å²) >= 11 is 0. The van der Waals surface area contributed by atoms with Crippen LogP contribution in [0.2, 0.25) is 0 Å². The monoisotopic (exact) mass is 436 g/mol. The third-order valence-corrected chi connectivity index (χ3v) is 5.83. The number of aromatic nitrogens is 4. The molecule has 0 aliphatic carbocycles. The van der Waals surface area contributed by atoms with Crippen molar-refractivity contribution in [1.82, 2.24) is 19.9 Å². The van der Waals surface area contributed by atoms with Gasteiger partial charge in [0, 0.05) is 5.56 Å². The Balaban J connectivity index is 1.78. The van der Waals surface area contributed by atoms with E-state index < -0.39 is 10.0 Å². The maximum absolute atomic E-state index is 12.9. The second kappa shape index (κ2) is 8.15. The first-order valence-electron chi connectivity index (χ1n) is 9.49.